The largest absolute Gasteiger partial charge is 0.316 e. The van der Waals surface area contributed by atoms with E-state index in [1.165, 1.54) is 40.2 Å². The quantitative estimate of drug-likeness (QED) is 0.817. The van der Waals surface area contributed by atoms with E-state index in [4.69, 9.17) is 4.98 Å². The first-order valence-electron chi connectivity index (χ1n) is 5.91. The van der Waals surface area contributed by atoms with Gasteiger partial charge in [0.25, 0.3) is 0 Å². The summed E-state index contributed by atoms with van der Waals surface area (Å²) < 4.78 is 1.33. The van der Waals surface area contributed by atoms with Crippen LogP contribution in [-0.2, 0) is 0 Å². The van der Waals surface area contributed by atoms with Crippen LogP contribution in [-0.4, -0.2) is 18.1 Å². The maximum atomic E-state index is 4.81. The number of nitrogens with one attached hydrogen (secondary N) is 1. The van der Waals surface area contributed by atoms with Crippen LogP contribution in [0.2, 0.25) is 0 Å². The molecule has 1 N–H and O–H groups in total. The summed E-state index contributed by atoms with van der Waals surface area (Å²) in [5.41, 5.74) is 2.50. The number of benzene rings is 1. The second-order valence-electron chi connectivity index (χ2n) is 4.52. The summed E-state index contributed by atoms with van der Waals surface area (Å²) in [5, 5.41) is 4.78. The predicted octanol–water partition coefficient (Wildman–Crippen LogP) is 3.07. The van der Waals surface area contributed by atoms with Gasteiger partial charge < -0.3 is 5.32 Å². The van der Waals surface area contributed by atoms with Crippen molar-refractivity contribution < 1.29 is 0 Å². The molecule has 1 atom stereocenters. The number of aryl methyl sites for hydroxylation is 1. The Balaban J connectivity index is 2.01. The number of hydrogen-bond acceptors (Lipinski definition) is 3. The molecule has 1 aliphatic rings. The van der Waals surface area contributed by atoms with Gasteiger partial charge in [0.15, 0.2) is 0 Å². The molecule has 1 aliphatic heterocycles. The molecule has 0 spiro atoms. The van der Waals surface area contributed by atoms with Crippen molar-refractivity contribution in [3.63, 3.8) is 0 Å². The van der Waals surface area contributed by atoms with E-state index in [0.717, 1.165) is 6.54 Å². The highest BCUT2D eigenvalue weighted by atomic mass is 32.1. The smallest absolute Gasteiger partial charge is 0.0982 e. The molecule has 2 nitrogen and oxygen atoms in total. The molecule has 2 aromatic rings. The van der Waals surface area contributed by atoms with Crippen LogP contribution < -0.4 is 5.32 Å². The van der Waals surface area contributed by atoms with Gasteiger partial charge >= 0.3 is 0 Å². The summed E-state index contributed by atoms with van der Waals surface area (Å²) in [4.78, 5) is 4.81. The first kappa shape index (κ1) is 10.2. The number of rotatable bonds is 1. The predicted molar refractivity (Wildman–Crippen MR) is 69.2 cm³/mol. The van der Waals surface area contributed by atoms with Crippen molar-refractivity contribution in [2.24, 2.45) is 0 Å². The third kappa shape index (κ3) is 1.74. The normalized spacial score (nSPS) is 21.4. The third-order valence-electron chi connectivity index (χ3n) is 3.28. The average molecular weight is 232 g/mol. The van der Waals surface area contributed by atoms with E-state index >= 15 is 0 Å². The molecule has 2 heterocycles. The fraction of sp³-hybridized carbons (Fsp3) is 0.462. The summed E-state index contributed by atoms with van der Waals surface area (Å²) >= 11 is 1.87. The molecule has 16 heavy (non-hydrogen) atoms. The van der Waals surface area contributed by atoms with Crippen molar-refractivity contribution in [1.29, 1.82) is 0 Å². The van der Waals surface area contributed by atoms with Crippen LogP contribution in [0.1, 0.15) is 29.3 Å². The van der Waals surface area contributed by atoms with Crippen molar-refractivity contribution in [1.82, 2.24) is 10.3 Å². The first-order chi connectivity index (χ1) is 7.84. The lowest BCUT2D eigenvalue weighted by Gasteiger charge is -2.20. The number of piperidine rings is 1. The lowest BCUT2D eigenvalue weighted by Crippen LogP contribution is -2.28. The average Bonchev–Trinajstić information content (AvgIpc) is 2.76. The minimum absolute atomic E-state index is 0.630. The van der Waals surface area contributed by atoms with Crippen LogP contribution in [0.4, 0.5) is 0 Å². The summed E-state index contributed by atoms with van der Waals surface area (Å²) in [6, 6.07) is 6.45. The SMILES string of the molecule is Cc1cccc2sc(C3CCCNC3)nc12. The van der Waals surface area contributed by atoms with E-state index in [1.807, 2.05) is 11.3 Å². The van der Waals surface area contributed by atoms with E-state index in [9.17, 15) is 0 Å². The first-order valence-corrected chi connectivity index (χ1v) is 6.73. The Kier molecular flexibility index (Phi) is 2.65. The maximum Gasteiger partial charge on any atom is 0.0982 e. The van der Waals surface area contributed by atoms with Gasteiger partial charge in [-0.05, 0) is 37.9 Å². The van der Waals surface area contributed by atoms with Gasteiger partial charge in [-0.2, -0.15) is 0 Å². The molecule has 0 aliphatic carbocycles. The number of aromatic nitrogens is 1. The highest BCUT2D eigenvalue weighted by Gasteiger charge is 2.19. The van der Waals surface area contributed by atoms with E-state index < -0.39 is 0 Å². The number of nitrogens with zero attached hydrogens (tertiary/aromatic N) is 1. The van der Waals surface area contributed by atoms with Crippen LogP contribution >= 0.6 is 11.3 Å². The second-order valence-corrected chi connectivity index (χ2v) is 5.58. The van der Waals surface area contributed by atoms with Gasteiger partial charge in [-0.3, -0.25) is 0 Å². The Bertz CT molecular complexity index is 498. The van der Waals surface area contributed by atoms with Crippen molar-refractivity contribution in [3.05, 3.63) is 28.8 Å². The van der Waals surface area contributed by atoms with Crippen LogP contribution in [0.15, 0.2) is 18.2 Å². The lowest BCUT2D eigenvalue weighted by atomic mass is 10.0. The zero-order valence-electron chi connectivity index (χ0n) is 9.49. The Morgan fingerprint density at radius 1 is 1.44 bits per heavy atom. The summed E-state index contributed by atoms with van der Waals surface area (Å²) in [7, 11) is 0. The summed E-state index contributed by atoms with van der Waals surface area (Å²) in [6.07, 6.45) is 2.56. The molecular formula is C13H16N2S. The van der Waals surface area contributed by atoms with Gasteiger partial charge in [-0.25, -0.2) is 4.98 Å². The zero-order chi connectivity index (χ0) is 11.0. The topological polar surface area (TPSA) is 24.9 Å². The number of fused-ring (bicyclic) bond motifs is 1. The van der Waals surface area contributed by atoms with E-state index in [0.29, 0.717) is 5.92 Å². The number of thiazole rings is 1. The zero-order valence-corrected chi connectivity index (χ0v) is 10.3. The van der Waals surface area contributed by atoms with Crippen LogP contribution in [0.5, 0.6) is 0 Å². The third-order valence-corrected chi connectivity index (χ3v) is 4.47. The van der Waals surface area contributed by atoms with Crippen molar-refractivity contribution >= 4 is 21.6 Å². The monoisotopic (exact) mass is 232 g/mol. The molecule has 0 saturated carbocycles. The van der Waals surface area contributed by atoms with Gasteiger partial charge in [0.05, 0.1) is 15.2 Å². The van der Waals surface area contributed by atoms with Gasteiger partial charge in [0.1, 0.15) is 0 Å². The van der Waals surface area contributed by atoms with Gasteiger partial charge in [0.2, 0.25) is 0 Å². The van der Waals surface area contributed by atoms with E-state index in [-0.39, 0.29) is 0 Å². The Morgan fingerprint density at radius 2 is 2.38 bits per heavy atom. The molecule has 84 valence electrons. The minimum atomic E-state index is 0.630. The van der Waals surface area contributed by atoms with Crippen molar-refractivity contribution in [3.8, 4) is 0 Å². The Hall–Kier alpha value is -0.930. The molecule has 1 unspecified atom stereocenters. The standard InChI is InChI=1S/C13H16N2S/c1-9-4-2-6-11-12(9)15-13(16-11)10-5-3-7-14-8-10/h2,4,6,10,14H,3,5,7-8H2,1H3. The Morgan fingerprint density at radius 3 is 3.12 bits per heavy atom. The molecule has 0 bridgehead atoms. The molecule has 1 aromatic heterocycles. The van der Waals surface area contributed by atoms with Crippen LogP contribution in [0, 0.1) is 6.92 Å². The van der Waals surface area contributed by atoms with Gasteiger partial charge in [-0.15, -0.1) is 11.3 Å². The molecular weight excluding hydrogens is 216 g/mol. The fourth-order valence-electron chi connectivity index (χ4n) is 2.34. The summed E-state index contributed by atoms with van der Waals surface area (Å²) in [6.45, 7) is 4.41. The van der Waals surface area contributed by atoms with Gasteiger partial charge in [0, 0.05) is 12.5 Å². The fourth-order valence-corrected chi connectivity index (χ4v) is 3.52. The van der Waals surface area contributed by atoms with E-state index in [2.05, 4.69) is 30.4 Å². The second kappa shape index (κ2) is 4.15. The molecule has 1 saturated heterocycles. The van der Waals surface area contributed by atoms with Crippen LogP contribution in [0.25, 0.3) is 10.2 Å². The number of para-hydroxylation sites is 1. The van der Waals surface area contributed by atoms with Gasteiger partial charge in [-0.1, -0.05) is 12.1 Å². The minimum Gasteiger partial charge on any atom is -0.316 e. The molecule has 1 fully saturated rings. The maximum absolute atomic E-state index is 4.81. The highest BCUT2D eigenvalue weighted by molar-refractivity contribution is 7.18. The van der Waals surface area contributed by atoms with Crippen LogP contribution in [0.3, 0.4) is 0 Å². The molecule has 1 aromatic carbocycles. The molecule has 0 amide bonds. The molecule has 0 radical (unpaired) electrons. The van der Waals surface area contributed by atoms with E-state index in [1.54, 1.807) is 0 Å². The number of hydrogen-bond donors (Lipinski definition) is 1. The molecule has 3 rings (SSSR count). The van der Waals surface area contributed by atoms with Crippen molar-refractivity contribution in [2.75, 3.05) is 13.1 Å². The van der Waals surface area contributed by atoms with Crippen molar-refractivity contribution in [2.45, 2.75) is 25.7 Å². The Labute approximate surface area is 99.7 Å². The molecule has 3 heteroatoms. The highest BCUT2D eigenvalue weighted by Crippen LogP contribution is 2.32. The lowest BCUT2D eigenvalue weighted by molar-refractivity contribution is 0.461. The summed E-state index contributed by atoms with van der Waals surface area (Å²) in [5.74, 6) is 0.630.